The first-order chi connectivity index (χ1) is 10.1. The molecule has 4 atom stereocenters. The molecule has 2 aliphatic heterocycles. The topological polar surface area (TPSA) is 103 Å². The van der Waals surface area contributed by atoms with E-state index in [0.29, 0.717) is 25.3 Å². The van der Waals surface area contributed by atoms with Crippen LogP contribution in [-0.2, 0) is 26.8 Å². The summed E-state index contributed by atoms with van der Waals surface area (Å²) in [6, 6.07) is 0. The second kappa shape index (κ2) is 5.84. The number of fused-ring (bicyclic) bond motifs is 1. The van der Waals surface area contributed by atoms with E-state index >= 15 is 0 Å². The van der Waals surface area contributed by atoms with Gasteiger partial charge in [0, 0.05) is 41.7 Å². The Kier molecular flexibility index (Phi) is 4.07. The molecule has 116 valence electrons. The molecule has 3 heterocycles. The molecule has 0 aromatic carbocycles. The Morgan fingerprint density at radius 1 is 1.62 bits per heavy atom. The minimum absolute atomic E-state index is 0.219. The number of hydrogen-bond donors (Lipinski definition) is 2. The van der Waals surface area contributed by atoms with Gasteiger partial charge in [0.05, 0.1) is 24.6 Å². The van der Waals surface area contributed by atoms with Gasteiger partial charge in [0.15, 0.2) is 5.82 Å². The summed E-state index contributed by atoms with van der Waals surface area (Å²) in [5.41, 5.74) is 3.02. The summed E-state index contributed by atoms with van der Waals surface area (Å²) in [6.07, 6.45) is 3.26. The fourth-order valence-electron chi connectivity index (χ4n) is 2.65. The summed E-state index contributed by atoms with van der Waals surface area (Å²) in [5.74, 6) is 0.426. The summed E-state index contributed by atoms with van der Waals surface area (Å²) >= 11 is 0. The lowest BCUT2D eigenvalue weighted by molar-refractivity contribution is -0.0240. The monoisotopic (exact) mass is 315 g/mol. The van der Waals surface area contributed by atoms with Gasteiger partial charge < -0.3 is 9.84 Å². The number of ether oxygens (including phenoxy) is 1. The maximum Gasteiger partial charge on any atom is 0.351 e. The summed E-state index contributed by atoms with van der Waals surface area (Å²) in [7, 11) is -1.13. The highest BCUT2D eigenvalue weighted by molar-refractivity contribution is 7.85. The van der Waals surface area contributed by atoms with Crippen LogP contribution >= 0.6 is 0 Å². The van der Waals surface area contributed by atoms with E-state index in [-0.39, 0.29) is 11.9 Å². The Bertz CT molecular complexity index is 619. The zero-order valence-corrected chi connectivity index (χ0v) is 12.3. The smallest absolute Gasteiger partial charge is 0.351 e. The molecule has 1 aromatic heterocycles. The predicted octanol–water partition coefficient (Wildman–Crippen LogP) is -0.830. The quantitative estimate of drug-likeness (QED) is 0.750. The molecule has 0 saturated carbocycles. The molecule has 1 aromatic rings. The molecule has 8 nitrogen and oxygen atoms in total. The molecule has 21 heavy (non-hydrogen) atoms. The SMILES string of the molecule is CS(=O)[C@H]1C[C@H](n2cc3c(nc2=O)NOCC3)O[C@@H]1CO. The normalized spacial score (nSPS) is 29.7. The fraction of sp³-hybridized carbons (Fsp3) is 0.667. The zero-order valence-electron chi connectivity index (χ0n) is 11.5. The van der Waals surface area contributed by atoms with Crippen molar-refractivity contribution in [2.24, 2.45) is 0 Å². The molecule has 1 fully saturated rings. The number of aromatic nitrogens is 2. The van der Waals surface area contributed by atoms with Gasteiger partial charge in [-0.1, -0.05) is 0 Å². The van der Waals surface area contributed by atoms with Crippen LogP contribution in [0.4, 0.5) is 5.82 Å². The predicted molar refractivity (Wildman–Crippen MR) is 75.2 cm³/mol. The molecule has 0 bridgehead atoms. The second-order valence-corrected chi connectivity index (χ2v) is 6.69. The number of rotatable bonds is 3. The van der Waals surface area contributed by atoms with Crippen LogP contribution in [0.1, 0.15) is 18.2 Å². The van der Waals surface area contributed by atoms with Gasteiger partial charge in [0.25, 0.3) is 0 Å². The largest absolute Gasteiger partial charge is 0.394 e. The van der Waals surface area contributed by atoms with Crippen molar-refractivity contribution in [2.45, 2.75) is 30.4 Å². The molecule has 0 spiro atoms. The first-order valence-electron chi connectivity index (χ1n) is 6.68. The van der Waals surface area contributed by atoms with Gasteiger partial charge in [-0.05, 0) is 0 Å². The van der Waals surface area contributed by atoms with E-state index in [1.807, 2.05) is 0 Å². The molecule has 1 unspecified atom stereocenters. The maximum absolute atomic E-state index is 12.1. The van der Waals surface area contributed by atoms with Crippen LogP contribution in [0.2, 0.25) is 0 Å². The zero-order chi connectivity index (χ0) is 15.0. The molecule has 1 saturated heterocycles. The van der Waals surface area contributed by atoms with Crippen molar-refractivity contribution in [1.82, 2.24) is 9.55 Å². The molecular formula is C12H17N3O5S. The molecule has 2 aliphatic rings. The lowest BCUT2D eigenvalue weighted by Crippen LogP contribution is -2.31. The first kappa shape index (κ1) is 14.6. The van der Waals surface area contributed by atoms with Gasteiger partial charge in [-0.2, -0.15) is 4.98 Å². The summed E-state index contributed by atoms with van der Waals surface area (Å²) in [5, 5.41) is 9.03. The van der Waals surface area contributed by atoms with Crippen molar-refractivity contribution in [2.75, 3.05) is 24.9 Å². The van der Waals surface area contributed by atoms with E-state index in [1.165, 1.54) is 4.57 Å². The van der Waals surface area contributed by atoms with Gasteiger partial charge in [-0.25, -0.2) is 10.3 Å². The second-order valence-electron chi connectivity index (χ2n) is 5.09. The highest BCUT2D eigenvalue weighted by Gasteiger charge is 2.38. The summed E-state index contributed by atoms with van der Waals surface area (Å²) < 4.78 is 18.8. The molecule has 0 radical (unpaired) electrons. The molecule has 3 rings (SSSR count). The van der Waals surface area contributed by atoms with E-state index in [0.717, 1.165) is 5.56 Å². The number of hydrogen-bond acceptors (Lipinski definition) is 7. The molecular weight excluding hydrogens is 298 g/mol. The highest BCUT2D eigenvalue weighted by Crippen LogP contribution is 2.31. The van der Waals surface area contributed by atoms with Crippen LogP contribution in [0.3, 0.4) is 0 Å². The number of aliphatic hydroxyl groups excluding tert-OH is 1. The summed E-state index contributed by atoms with van der Waals surface area (Å²) in [4.78, 5) is 21.1. The minimum atomic E-state index is -1.13. The Morgan fingerprint density at radius 2 is 2.43 bits per heavy atom. The lowest BCUT2D eigenvalue weighted by atomic mass is 10.2. The third kappa shape index (κ3) is 2.73. The number of nitrogens with one attached hydrogen (secondary N) is 1. The average Bonchev–Trinajstić information content (AvgIpc) is 2.90. The van der Waals surface area contributed by atoms with Crippen LogP contribution in [-0.4, -0.2) is 49.7 Å². The van der Waals surface area contributed by atoms with Crippen molar-refractivity contribution in [3.05, 3.63) is 22.2 Å². The van der Waals surface area contributed by atoms with E-state index in [2.05, 4.69) is 10.5 Å². The van der Waals surface area contributed by atoms with Crippen LogP contribution in [0.15, 0.2) is 11.0 Å². The molecule has 0 aliphatic carbocycles. The van der Waals surface area contributed by atoms with E-state index in [9.17, 15) is 14.1 Å². The van der Waals surface area contributed by atoms with Gasteiger partial charge in [0.1, 0.15) is 6.23 Å². The minimum Gasteiger partial charge on any atom is -0.394 e. The first-order valence-corrected chi connectivity index (χ1v) is 8.30. The Morgan fingerprint density at radius 3 is 3.10 bits per heavy atom. The summed E-state index contributed by atoms with van der Waals surface area (Å²) in [6.45, 7) is 0.280. The Labute approximate surface area is 123 Å². The van der Waals surface area contributed by atoms with E-state index in [1.54, 1.807) is 12.5 Å². The van der Waals surface area contributed by atoms with Crippen molar-refractivity contribution in [3.8, 4) is 0 Å². The van der Waals surface area contributed by atoms with Crippen LogP contribution in [0, 0.1) is 0 Å². The van der Waals surface area contributed by atoms with Gasteiger partial charge in [0.2, 0.25) is 0 Å². The van der Waals surface area contributed by atoms with Crippen molar-refractivity contribution >= 4 is 16.6 Å². The maximum atomic E-state index is 12.1. The van der Waals surface area contributed by atoms with E-state index in [4.69, 9.17) is 9.57 Å². The standard InChI is InChI=1S/C12H17N3O5S/c1-21(18)9-4-10(20-8(9)6-16)15-5-7-2-3-19-14-11(7)13-12(15)17/h5,8-10,16H,2-4,6H2,1H3,(H,13,14,17)/t8-,9+,10-,21?/m1/s1. The Balaban J connectivity index is 1.91. The van der Waals surface area contributed by atoms with Crippen molar-refractivity contribution in [1.29, 1.82) is 0 Å². The molecule has 0 amide bonds. The number of nitrogens with zero attached hydrogens (tertiary/aromatic N) is 2. The lowest BCUT2D eigenvalue weighted by Gasteiger charge is -2.20. The average molecular weight is 315 g/mol. The van der Waals surface area contributed by atoms with E-state index < -0.39 is 28.8 Å². The third-order valence-electron chi connectivity index (χ3n) is 3.77. The van der Waals surface area contributed by atoms with Gasteiger partial charge >= 0.3 is 5.69 Å². The van der Waals surface area contributed by atoms with Crippen molar-refractivity contribution < 1.29 is 18.9 Å². The third-order valence-corrected chi connectivity index (χ3v) is 5.12. The van der Waals surface area contributed by atoms with Crippen LogP contribution in [0.25, 0.3) is 0 Å². The van der Waals surface area contributed by atoms with Crippen molar-refractivity contribution in [3.63, 3.8) is 0 Å². The number of anilines is 1. The van der Waals surface area contributed by atoms with Gasteiger partial charge in [-0.3, -0.25) is 13.6 Å². The van der Waals surface area contributed by atoms with Crippen LogP contribution in [0.5, 0.6) is 0 Å². The fourth-order valence-corrected chi connectivity index (χ4v) is 3.67. The Hall–Kier alpha value is -1.29. The van der Waals surface area contributed by atoms with Gasteiger partial charge in [-0.15, -0.1) is 0 Å². The highest BCUT2D eigenvalue weighted by atomic mass is 32.2. The molecule has 2 N–H and O–H groups in total. The molecule has 9 heteroatoms. The number of aliphatic hydroxyl groups is 1. The van der Waals surface area contributed by atoms with Crippen LogP contribution < -0.4 is 11.2 Å².